The van der Waals surface area contributed by atoms with Crippen LogP contribution < -0.4 is 4.74 Å². The summed E-state index contributed by atoms with van der Waals surface area (Å²) in [7, 11) is 2.20. The van der Waals surface area contributed by atoms with E-state index in [1.807, 2.05) is 12.1 Å². The first-order valence-electron chi connectivity index (χ1n) is 11.3. The Hall–Kier alpha value is -1.75. The molecule has 5 heteroatoms. The number of ether oxygens (including phenoxy) is 1. The van der Waals surface area contributed by atoms with Gasteiger partial charge in [0.15, 0.2) is 0 Å². The van der Waals surface area contributed by atoms with Crippen molar-refractivity contribution < 1.29 is 9.53 Å². The summed E-state index contributed by atoms with van der Waals surface area (Å²) >= 11 is 0. The van der Waals surface area contributed by atoms with E-state index in [4.69, 9.17) is 4.74 Å². The lowest BCUT2D eigenvalue weighted by Crippen LogP contribution is -2.68. The third kappa shape index (κ3) is 3.74. The maximum Gasteiger partial charge on any atom is 0.320 e. The van der Waals surface area contributed by atoms with Gasteiger partial charge in [-0.15, -0.1) is 0 Å². The number of rotatable bonds is 6. The molecule has 2 aliphatic carbocycles. The van der Waals surface area contributed by atoms with Crippen LogP contribution in [0.3, 0.4) is 0 Å². The number of urea groups is 1. The van der Waals surface area contributed by atoms with Crippen LogP contribution in [0.15, 0.2) is 24.3 Å². The lowest BCUT2D eigenvalue weighted by molar-refractivity contribution is -0.0985. The second-order valence-electron chi connectivity index (χ2n) is 10.8. The second kappa shape index (κ2) is 6.90. The molecule has 2 amide bonds. The molecule has 0 bridgehead atoms. The lowest BCUT2D eigenvalue weighted by atomic mass is 9.60. The molecule has 2 saturated heterocycles. The minimum atomic E-state index is 0.259. The molecule has 0 aromatic heterocycles. The molecule has 29 heavy (non-hydrogen) atoms. The number of benzene rings is 1. The standard InChI is InChI=1S/C24H35N3O2/c1-18(2)13-29-21-6-4-19(5-7-21)12-26-16-23(8-9-23)17-27(22(26)28)20-10-24(11-20)14-25(3)15-24/h4-7,18,20H,8-17H2,1-3H3. The van der Waals surface area contributed by atoms with Gasteiger partial charge in [-0.3, -0.25) is 0 Å². The number of carbonyl (C=O) groups is 1. The molecule has 1 aromatic rings. The largest absolute Gasteiger partial charge is 0.493 e. The topological polar surface area (TPSA) is 36.0 Å². The van der Waals surface area contributed by atoms with E-state index in [0.29, 0.717) is 29.3 Å². The molecule has 5 rings (SSSR count). The Labute approximate surface area is 175 Å². The normalized spacial score (nSPS) is 25.4. The van der Waals surface area contributed by atoms with Gasteiger partial charge in [-0.25, -0.2) is 4.79 Å². The number of amides is 2. The zero-order valence-electron chi connectivity index (χ0n) is 18.2. The van der Waals surface area contributed by atoms with E-state index in [1.165, 1.54) is 44.3 Å². The molecule has 2 aliphatic heterocycles. The zero-order chi connectivity index (χ0) is 20.2. The first kappa shape index (κ1) is 19.2. The van der Waals surface area contributed by atoms with Gasteiger partial charge in [-0.05, 0) is 61.8 Å². The first-order valence-corrected chi connectivity index (χ1v) is 11.3. The van der Waals surface area contributed by atoms with Crippen LogP contribution in [-0.4, -0.2) is 66.6 Å². The molecule has 1 aromatic carbocycles. The number of nitrogens with zero attached hydrogens (tertiary/aromatic N) is 3. The molecular weight excluding hydrogens is 362 g/mol. The highest BCUT2D eigenvalue weighted by Crippen LogP contribution is 2.54. The third-order valence-corrected chi connectivity index (χ3v) is 7.37. The molecule has 0 unspecified atom stereocenters. The van der Waals surface area contributed by atoms with Crippen molar-refractivity contribution in [3.8, 4) is 5.75 Å². The summed E-state index contributed by atoms with van der Waals surface area (Å²) in [6.07, 6.45) is 4.95. The van der Waals surface area contributed by atoms with Gasteiger partial charge in [-0.1, -0.05) is 26.0 Å². The summed E-state index contributed by atoms with van der Waals surface area (Å²) in [4.78, 5) is 20.1. The van der Waals surface area contributed by atoms with Crippen molar-refractivity contribution in [1.82, 2.24) is 14.7 Å². The second-order valence-corrected chi connectivity index (χ2v) is 10.8. The van der Waals surface area contributed by atoms with E-state index >= 15 is 0 Å². The molecule has 158 valence electrons. The van der Waals surface area contributed by atoms with Crippen molar-refractivity contribution in [2.75, 3.05) is 39.8 Å². The van der Waals surface area contributed by atoms with Crippen molar-refractivity contribution in [1.29, 1.82) is 0 Å². The van der Waals surface area contributed by atoms with Crippen molar-refractivity contribution >= 4 is 6.03 Å². The summed E-state index contributed by atoms with van der Waals surface area (Å²) < 4.78 is 5.80. The van der Waals surface area contributed by atoms with Gasteiger partial charge < -0.3 is 19.4 Å². The van der Waals surface area contributed by atoms with Crippen molar-refractivity contribution in [3.63, 3.8) is 0 Å². The zero-order valence-corrected chi connectivity index (χ0v) is 18.2. The van der Waals surface area contributed by atoms with Gasteiger partial charge in [0.2, 0.25) is 0 Å². The minimum absolute atomic E-state index is 0.259. The minimum Gasteiger partial charge on any atom is -0.493 e. The monoisotopic (exact) mass is 397 g/mol. The van der Waals surface area contributed by atoms with Gasteiger partial charge in [0, 0.05) is 44.2 Å². The van der Waals surface area contributed by atoms with Gasteiger partial charge >= 0.3 is 6.03 Å². The van der Waals surface area contributed by atoms with Gasteiger partial charge in [0.1, 0.15) is 5.75 Å². The lowest BCUT2D eigenvalue weighted by Gasteiger charge is -2.61. The molecule has 4 fully saturated rings. The number of carbonyl (C=O) groups excluding carboxylic acids is 1. The smallest absolute Gasteiger partial charge is 0.320 e. The van der Waals surface area contributed by atoms with Crippen LogP contribution in [-0.2, 0) is 6.54 Å². The number of hydrogen-bond acceptors (Lipinski definition) is 3. The fourth-order valence-electron chi connectivity index (χ4n) is 5.73. The van der Waals surface area contributed by atoms with Crippen molar-refractivity contribution in [2.45, 2.75) is 52.1 Å². The Morgan fingerprint density at radius 1 is 1.03 bits per heavy atom. The summed E-state index contributed by atoms with van der Waals surface area (Å²) in [5, 5.41) is 0. The quantitative estimate of drug-likeness (QED) is 0.732. The predicted molar refractivity (Wildman–Crippen MR) is 114 cm³/mol. The number of likely N-dealkylation sites (tertiary alicyclic amines) is 1. The molecule has 5 nitrogen and oxygen atoms in total. The van der Waals surface area contributed by atoms with E-state index in [2.05, 4.69) is 47.7 Å². The Balaban J connectivity index is 1.22. The summed E-state index contributed by atoms with van der Waals surface area (Å²) in [5.74, 6) is 1.44. The fraction of sp³-hybridized carbons (Fsp3) is 0.708. The number of hydrogen-bond donors (Lipinski definition) is 0. The SMILES string of the molecule is CC(C)COc1ccc(CN2CC3(CC3)CN(C3CC4(C3)CN(C)C4)C2=O)cc1. The Kier molecular flexibility index (Phi) is 4.57. The molecular formula is C24H35N3O2. The van der Waals surface area contributed by atoms with Crippen LogP contribution in [0.25, 0.3) is 0 Å². The molecule has 0 N–H and O–H groups in total. The maximum absolute atomic E-state index is 13.3. The summed E-state index contributed by atoms with van der Waals surface area (Å²) in [6, 6.07) is 9.03. The van der Waals surface area contributed by atoms with Gasteiger partial charge in [0.25, 0.3) is 0 Å². The van der Waals surface area contributed by atoms with Crippen LogP contribution in [0, 0.1) is 16.7 Å². The summed E-state index contributed by atoms with van der Waals surface area (Å²) in [6.45, 7) is 10.1. The van der Waals surface area contributed by atoms with Crippen LogP contribution >= 0.6 is 0 Å². The summed E-state index contributed by atoms with van der Waals surface area (Å²) in [5.41, 5.74) is 2.08. The highest BCUT2D eigenvalue weighted by Gasteiger charge is 2.58. The van der Waals surface area contributed by atoms with Gasteiger partial charge in [0.05, 0.1) is 6.61 Å². The molecule has 4 aliphatic rings. The Morgan fingerprint density at radius 2 is 1.72 bits per heavy atom. The van der Waals surface area contributed by atoms with E-state index < -0.39 is 0 Å². The molecule has 2 saturated carbocycles. The predicted octanol–water partition coefficient (Wildman–Crippen LogP) is 3.83. The van der Waals surface area contributed by atoms with Crippen LogP contribution in [0.2, 0.25) is 0 Å². The van der Waals surface area contributed by atoms with Crippen LogP contribution in [0.4, 0.5) is 4.79 Å². The highest BCUT2D eigenvalue weighted by molar-refractivity contribution is 5.76. The average molecular weight is 398 g/mol. The highest BCUT2D eigenvalue weighted by atomic mass is 16.5. The molecule has 2 heterocycles. The fourth-order valence-corrected chi connectivity index (χ4v) is 5.73. The first-order chi connectivity index (χ1) is 13.9. The average Bonchev–Trinajstić information content (AvgIpc) is 3.38. The van der Waals surface area contributed by atoms with Crippen molar-refractivity contribution in [3.05, 3.63) is 29.8 Å². The van der Waals surface area contributed by atoms with E-state index in [-0.39, 0.29) is 6.03 Å². The molecule has 0 radical (unpaired) electrons. The Bertz CT molecular complexity index is 757. The van der Waals surface area contributed by atoms with Crippen LogP contribution in [0.5, 0.6) is 5.75 Å². The third-order valence-electron chi connectivity index (χ3n) is 7.37. The molecule has 2 spiro atoms. The van der Waals surface area contributed by atoms with E-state index in [0.717, 1.165) is 25.4 Å². The van der Waals surface area contributed by atoms with Gasteiger partial charge in [-0.2, -0.15) is 0 Å². The van der Waals surface area contributed by atoms with Crippen LogP contribution in [0.1, 0.15) is 45.1 Å². The molecule has 0 atom stereocenters. The Morgan fingerprint density at radius 3 is 2.31 bits per heavy atom. The van der Waals surface area contributed by atoms with Crippen molar-refractivity contribution in [2.24, 2.45) is 16.7 Å². The van der Waals surface area contributed by atoms with E-state index in [9.17, 15) is 4.79 Å². The maximum atomic E-state index is 13.3. The van der Waals surface area contributed by atoms with E-state index in [1.54, 1.807) is 0 Å².